The first-order valence-electron chi connectivity index (χ1n) is 10.5. The third-order valence-corrected chi connectivity index (χ3v) is 4.70. The molecule has 3 aromatic rings. The molecule has 182 valence electrons. The Hall–Kier alpha value is -3.69. The second kappa shape index (κ2) is 10.5. The molecule has 0 saturated heterocycles. The van der Waals surface area contributed by atoms with E-state index in [0.717, 1.165) is 11.3 Å². The number of hydrogen-bond donors (Lipinski definition) is 1. The van der Waals surface area contributed by atoms with Crippen LogP contribution < -0.4 is 14.2 Å². The summed E-state index contributed by atoms with van der Waals surface area (Å²) in [7, 11) is 0. The van der Waals surface area contributed by atoms with Crippen molar-refractivity contribution < 1.29 is 41.7 Å². The zero-order valence-corrected chi connectivity index (χ0v) is 18.8. The minimum Gasteiger partial charge on any atom is -0.493 e. The summed E-state index contributed by atoms with van der Waals surface area (Å²) in [6.45, 7) is 5.58. The molecule has 2 aromatic carbocycles. The van der Waals surface area contributed by atoms with Crippen molar-refractivity contribution in [2.24, 2.45) is 0 Å². The number of hydrogen-bond acceptors (Lipinski definition) is 6. The Balaban J connectivity index is 1.66. The highest BCUT2D eigenvalue weighted by Crippen LogP contribution is 2.30. The normalized spacial score (nSPS) is 11.5. The molecule has 0 radical (unpaired) electrons. The van der Waals surface area contributed by atoms with Gasteiger partial charge in [-0.05, 0) is 60.9 Å². The van der Waals surface area contributed by atoms with Crippen LogP contribution in [0.4, 0.5) is 13.2 Å². The van der Waals surface area contributed by atoms with Gasteiger partial charge in [-0.1, -0.05) is 13.8 Å². The summed E-state index contributed by atoms with van der Waals surface area (Å²) in [4.78, 5) is 15.2. The first-order valence-corrected chi connectivity index (χ1v) is 10.5. The Kier molecular flexibility index (Phi) is 7.70. The maximum atomic E-state index is 12.4. The van der Waals surface area contributed by atoms with E-state index in [-0.39, 0.29) is 11.7 Å². The van der Waals surface area contributed by atoms with Gasteiger partial charge in [0.1, 0.15) is 23.0 Å². The highest BCUT2D eigenvalue weighted by molar-refractivity contribution is 5.68. The van der Waals surface area contributed by atoms with Crippen LogP contribution in [0.25, 0.3) is 11.5 Å². The molecule has 0 aliphatic heterocycles. The van der Waals surface area contributed by atoms with E-state index >= 15 is 0 Å². The van der Waals surface area contributed by atoms with Gasteiger partial charge in [0.25, 0.3) is 0 Å². The van der Waals surface area contributed by atoms with E-state index in [0.29, 0.717) is 41.7 Å². The summed E-state index contributed by atoms with van der Waals surface area (Å²) in [5.41, 5.74) is 2.00. The lowest BCUT2D eigenvalue weighted by molar-refractivity contribution is -0.274. The van der Waals surface area contributed by atoms with Crippen LogP contribution in [0.5, 0.6) is 17.2 Å². The number of aromatic nitrogens is 1. The van der Waals surface area contributed by atoms with E-state index in [1.54, 1.807) is 25.1 Å². The van der Waals surface area contributed by atoms with Crippen LogP contribution in [0.1, 0.15) is 36.8 Å². The Morgan fingerprint density at radius 3 is 2.35 bits per heavy atom. The van der Waals surface area contributed by atoms with Gasteiger partial charge in [0.2, 0.25) is 5.89 Å². The van der Waals surface area contributed by atoms with Crippen LogP contribution in [0.2, 0.25) is 0 Å². The molecule has 34 heavy (non-hydrogen) atoms. The number of alkyl halides is 3. The summed E-state index contributed by atoms with van der Waals surface area (Å²) >= 11 is 0. The average Bonchev–Trinajstić information content (AvgIpc) is 3.17. The van der Waals surface area contributed by atoms with Gasteiger partial charge in [-0.15, -0.1) is 13.2 Å². The summed E-state index contributed by atoms with van der Waals surface area (Å²) in [5, 5.41) is 8.72. The molecular formula is C24H24F3NO6. The number of carboxylic acid groups (broad SMARTS) is 1. The minimum atomic E-state index is -4.76. The van der Waals surface area contributed by atoms with Crippen molar-refractivity contribution in [1.82, 2.24) is 4.98 Å². The van der Waals surface area contributed by atoms with Crippen molar-refractivity contribution in [1.29, 1.82) is 0 Å². The number of carbonyl (C=O) groups is 1. The molecule has 3 rings (SSSR count). The molecular weight excluding hydrogens is 455 g/mol. The monoisotopic (exact) mass is 479 g/mol. The van der Waals surface area contributed by atoms with Crippen molar-refractivity contribution >= 4 is 5.97 Å². The number of aryl methyl sites for hydroxylation is 1. The Morgan fingerprint density at radius 1 is 1.09 bits per heavy atom. The maximum Gasteiger partial charge on any atom is 0.573 e. The number of halogens is 3. The van der Waals surface area contributed by atoms with Crippen molar-refractivity contribution in [3.63, 3.8) is 0 Å². The highest BCUT2D eigenvalue weighted by Gasteiger charge is 2.31. The van der Waals surface area contributed by atoms with Gasteiger partial charge in [0.05, 0.1) is 12.3 Å². The highest BCUT2D eigenvalue weighted by atomic mass is 19.4. The van der Waals surface area contributed by atoms with Crippen LogP contribution >= 0.6 is 0 Å². The summed E-state index contributed by atoms with van der Waals surface area (Å²) in [5.74, 6) is 0.655. The number of benzene rings is 2. The van der Waals surface area contributed by atoms with Crippen molar-refractivity contribution in [2.75, 3.05) is 13.2 Å². The second-order valence-corrected chi connectivity index (χ2v) is 7.76. The number of carboxylic acids is 1. The van der Waals surface area contributed by atoms with Crippen molar-refractivity contribution in [2.45, 2.75) is 39.5 Å². The molecule has 1 N–H and O–H groups in total. The fraction of sp³-hybridized carbons (Fsp3) is 0.333. The first-order chi connectivity index (χ1) is 16.0. The molecule has 0 bridgehead atoms. The van der Waals surface area contributed by atoms with Crippen LogP contribution in [-0.4, -0.2) is 35.6 Å². The van der Waals surface area contributed by atoms with E-state index in [1.807, 2.05) is 13.8 Å². The fourth-order valence-corrected chi connectivity index (χ4v) is 3.19. The van der Waals surface area contributed by atoms with Crippen molar-refractivity contribution in [3.05, 3.63) is 59.5 Å². The van der Waals surface area contributed by atoms with Gasteiger partial charge in [-0.2, -0.15) is 0 Å². The molecule has 0 spiro atoms. The van der Waals surface area contributed by atoms with Crippen molar-refractivity contribution in [3.8, 4) is 28.7 Å². The van der Waals surface area contributed by atoms with Gasteiger partial charge in [0.15, 0.2) is 6.61 Å². The van der Waals surface area contributed by atoms with Gasteiger partial charge in [-0.3, -0.25) is 0 Å². The molecule has 0 atom stereocenters. The molecule has 0 unspecified atom stereocenters. The number of oxazole rings is 1. The maximum absolute atomic E-state index is 12.4. The van der Waals surface area contributed by atoms with Gasteiger partial charge in [-0.25, -0.2) is 9.78 Å². The summed E-state index contributed by atoms with van der Waals surface area (Å²) in [6.07, 6.45) is -4.33. The molecule has 0 fully saturated rings. The number of nitrogens with zero attached hydrogens (tertiary/aromatic N) is 1. The lowest BCUT2D eigenvalue weighted by Gasteiger charge is -2.10. The average molecular weight is 479 g/mol. The predicted molar refractivity (Wildman–Crippen MR) is 116 cm³/mol. The molecule has 0 amide bonds. The second-order valence-electron chi connectivity index (χ2n) is 7.76. The van der Waals surface area contributed by atoms with Gasteiger partial charge in [0, 0.05) is 12.0 Å². The number of aliphatic carboxylic acids is 1. The lowest BCUT2D eigenvalue weighted by Crippen LogP contribution is -2.16. The summed E-state index contributed by atoms with van der Waals surface area (Å²) in [6, 6.07) is 10.4. The lowest BCUT2D eigenvalue weighted by atomic mass is 10.1. The zero-order chi connectivity index (χ0) is 24.9. The third kappa shape index (κ3) is 6.90. The third-order valence-electron chi connectivity index (χ3n) is 4.70. The van der Waals surface area contributed by atoms with Crippen LogP contribution in [0, 0.1) is 6.92 Å². The topological polar surface area (TPSA) is 91.0 Å². The van der Waals surface area contributed by atoms with Crippen LogP contribution in [-0.2, 0) is 11.2 Å². The minimum absolute atomic E-state index is 0.0632. The largest absolute Gasteiger partial charge is 0.573 e. The fourth-order valence-electron chi connectivity index (χ4n) is 3.19. The molecule has 7 nitrogen and oxygen atoms in total. The number of ether oxygens (including phenoxy) is 3. The van der Waals surface area contributed by atoms with E-state index in [1.165, 1.54) is 24.3 Å². The van der Waals surface area contributed by atoms with Crippen LogP contribution in [0.15, 0.2) is 46.9 Å². The molecule has 1 heterocycles. The zero-order valence-electron chi connectivity index (χ0n) is 18.8. The van der Waals surface area contributed by atoms with E-state index in [9.17, 15) is 18.0 Å². The smallest absolute Gasteiger partial charge is 0.493 e. The molecule has 10 heteroatoms. The van der Waals surface area contributed by atoms with E-state index in [4.69, 9.17) is 19.0 Å². The molecule has 0 aliphatic rings. The Labute approximate surface area is 194 Å². The quantitative estimate of drug-likeness (QED) is 0.396. The van der Waals surface area contributed by atoms with E-state index in [2.05, 4.69) is 9.72 Å². The van der Waals surface area contributed by atoms with Gasteiger partial charge < -0.3 is 23.7 Å². The SMILES string of the molecule is Cc1cc(OCCc2oc(-c3ccc(OC(F)(F)F)cc3)nc2C(C)C)ccc1OCC(=O)O. The van der Waals surface area contributed by atoms with Crippen LogP contribution in [0.3, 0.4) is 0 Å². The number of rotatable bonds is 10. The first kappa shape index (κ1) is 24.9. The Morgan fingerprint density at radius 2 is 1.76 bits per heavy atom. The summed E-state index contributed by atoms with van der Waals surface area (Å²) < 4.78 is 57.9. The molecule has 0 saturated carbocycles. The predicted octanol–water partition coefficient (Wildman–Crippen LogP) is 5.76. The van der Waals surface area contributed by atoms with E-state index < -0.39 is 18.9 Å². The van der Waals surface area contributed by atoms with Gasteiger partial charge >= 0.3 is 12.3 Å². The molecule has 0 aliphatic carbocycles. The Bertz CT molecular complexity index is 1120. The standard InChI is InChI=1S/C24H24F3NO6/c1-14(2)22-20(10-11-31-18-8-9-19(15(3)12-18)32-13-21(29)30)33-23(28-22)16-4-6-17(7-5-16)34-24(25,26)27/h4-9,12,14H,10-11,13H2,1-3H3,(H,29,30). The molecule has 1 aromatic heterocycles.